The fraction of sp³-hybridized carbons (Fsp3) is 0.0952. The minimum absolute atomic E-state index is 0.0774. The molecule has 140 valence electrons. The zero-order valence-electron chi connectivity index (χ0n) is 15.3. The van der Waals surface area contributed by atoms with Gasteiger partial charge in [-0.25, -0.2) is 4.98 Å². The average Bonchev–Trinajstić information content (AvgIpc) is 3.30. The summed E-state index contributed by atoms with van der Waals surface area (Å²) in [4.78, 5) is 23.9. The van der Waals surface area contributed by atoms with E-state index in [0.717, 1.165) is 22.6 Å². The van der Waals surface area contributed by atoms with Gasteiger partial charge < -0.3 is 4.74 Å². The molecule has 0 aliphatic carbocycles. The molecule has 1 saturated heterocycles. The number of ether oxygens (including phenoxy) is 1. The van der Waals surface area contributed by atoms with Crippen molar-refractivity contribution in [2.75, 3.05) is 14.2 Å². The highest BCUT2D eigenvalue weighted by Gasteiger charge is 2.30. The van der Waals surface area contributed by atoms with E-state index in [0.29, 0.717) is 15.2 Å². The van der Waals surface area contributed by atoms with Crippen LogP contribution in [0.4, 0.5) is 5.13 Å². The molecule has 0 radical (unpaired) electrons. The van der Waals surface area contributed by atoms with E-state index in [4.69, 9.17) is 4.74 Å². The van der Waals surface area contributed by atoms with Gasteiger partial charge in [0.05, 0.1) is 17.7 Å². The highest BCUT2D eigenvalue weighted by Crippen LogP contribution is 2.35. The molecule has 3 aromatic rings. The molecular weight excluding hydrogens is 390 g/mol. The lowest BCUT2D eigenvalue weighted by molar-refractivity contribution is -0.121. The number of amidine groups is 1. The van der Waals surface area contributed by atoms with Crippen LogP contribution in [0.2, 0.25) is 0 Å². The Bertz CT molecular complexity index is 1070. The van der Waals surface area contributed by atoms with Gasteiger partial charge in [-0.2, -0.15) is 4.99 Å². The lowest BCUT2D eigenvalue weighted by Gasteiger charge is -2.05. The predicted octanol–water partition coefficient (Wildman–Crippen LogP) is 5.05. The van der Waals surface area contributed by atoms with Crippen molar-refractivity contribution in [3.05, 3.63) is 70.4 Å². The Morgan fingerprint density at radius 2 is 1.96 bits per heavy atom. The number of aromatic nitrogens is 1. The van der Waals surface area contributed by atoms with Crippen molar-refractivity contribution in [1.29, 1.82) is 0 Å². The van der Waals surface area contributed by atoms with E-state index in [9.17, 15) is 4.79 Å². The van der Waals surface area contributed by atoms with Crippen LogP contribution in [0, 0.1) is 0 Å². The Hall–Kier alpha value is -2.90. The maximum absolute atomic E-state index is 12.6. The summed E-state index contributed by atoms with van der Waals surface area (Å²) < 4.78 is 5.24. The third-order valence-corrected chi connectivity index (χ3v) is 5.94. The molecule has 4 rings (SSSR count). The van der Waals surface area contributed by atoms with Crippen LogP contribution >= 0.6 is 23.1 Å². The molecule has 7 heteroatoms. The van der Waals surface area contributed by atoms with E-state index in [2.05, 4.69) is 9.98 Å². The van der Waals surface area contributed by atoms with Gasteiger partial charge in [-0.3, -0.25) is 9.69 Å². The maximum Gasteiger partial charge on any atom is 0.266 e. The minimum Gasteiger partial charge on any atom is -0.497 e. The van der Waals surface area contributed by atoms with Crippen LogP contribution in [0.1, 0.15) is 5.56 Å². The summed E-state index contributed by atoms with van der Waals surface area (Å²) in [6.07, 6.45) is 1.85. The Morgan fingerprint density at radius 3 is 2.75 bits per heavy atom. The number of aliphatic imine (C=N–C) groups is 1. The lowest BCUT2D eigenvalue weighted by Crippen LogP contribution is -2.23. The van der Waals surface area contributed by atoms with Gasteiger partial charge in [0, 0.05) is 18.0 Å². The molecule has 0 bridgehead atoms. The number of hydrogen-bond acceptors (Lipinski definition) is 6. The number of hydrogen-bond donors (Lipinski definition) is 0. The van der Waals surface area contributed by atoms with Crippen molar-refractivity contribution in [3.63, 3.8) is 0 Å². The molecule has 5 nitrogen and oxygen atoms in total. The third-order valence-electron chi connectivity index (χ3n) is 4.15. The Kier molecular flexibility index (Phi) is 5.27. The first-order valence-electron chi connectivity index (χ1n) is 8.55. The van der Waals surface area contributed by atoms with Crippen molar-refractivity contribution < 1.29 is 9.53 Å². The van der Waals surface area contributed by atoms with E-state index in [1.807, 2.05) is 66.1 Å². The molecule has 1 fully saturated rings. The fourth-order valence-corrected chi connectivity index (χ4v) is 4.40. The molecule has 2 aromatic carbocycles. The minimum atomic E-state index is -0.0774. The van der Waals surface area contributed by atoms with Crippen LogP contribution < -0.4 is 4.74 Å². The Morgan fingerprint density at radius 1 is 1.14 bits per heavy atom. The van der Waals surface area contributed by atoms with Gasteiger partial charge in [0.2, 0.25) is 5.13 Å². The van der Waals surface area contributed by atoms with E-state index in [-0.39, 0.29) is 5.91 Å². The second-order valence-electron chi connectivity index (χ2n) is 6.03. The number of nitrogens with zero attached hydrogens (tertiary/aromatic N) is 3. The zero-order valence-corrected chi connectivity index (χ0v) is 17.0. The topological polar surface area (TPSA) is 54.8 Å². The number of thiazole rings is 1. The van der Waals surface area contributed by atoms with E-state index in [1.165, 1.54) is 23.1 Å². The second-order valence-corrected chi connectivity index (χ2v) is 7.87. The SMILES string of the molecule is COc1cccc(/C=C2\S/C(=N/c3nc(-c4ccccc4)cs3)N(C)C2=O)c1. The summed E-state index contributed by atoms with van der Waals surface area (Å²) in [6.45, 7) is 0. The van der Waals surface area contributed by atoms with Crippen molar-refractivity contribution in [2.24, 2.45) is 4.99 Å². The molecule has 1 aliphatic rings. The summed E-state index contributed by atoms with van der Waals surface area (Å²) in [6, 6.07) is 17.6. The first-order valence-corrected chi connectivity index (χ1v) is 10.2. The van der Waals surface area contributed by atoms with Crippen molar-refractivity contribution in [3.8, 4) is 17.0 Å². The van der Waals surface area contributed by atoms with Gasteiger partial charge >= 0.3 is 0 Å². The quantitative estimate of drug-likeness (QED) is 0.568. The molecular formula is C21H17N3O2S2. The van der Waals surface area contributed by atoms with Crippen LogP contribution in [-0.2, 0) is 4.79 Å². The van der Waals surface area contributed by atoms with E-state index in [1.54, 1.807) is 19.1 Å². The van der Waals surface area contributed by atoms with Crippen LogP contribution in [0.15, 0.2) is 69.9 Å². The standard InChI is InChI=1S/C21H17N3O2S2/c1-24-19(25)18(12-14-7-6-10-16(11-14)26-2)28-21(24)23-20-22-17(13-27-20)15-8-4-3-5-9-15/h3-13H,1-2H3/b18-12-,23-21+. The number of likely N-dealkylation sites (N-methyl/N-ethyl adjacent to an activating group) is 1. The van der Waals surface area contributed by atoms with Crippen molar-refractivity contribution >= 4 is 45.4 Å². The molecule has 0 atom stereocenters. The third kappa shape index (κ3) is 3.85. The number of methoxy groups -OCH3 is 1. The van der Waals surface area contributed by atoms with Gasteiger partial charge in [-0.1, -0.05) is 42.5 Å². The van der Waals surface area contributed by atoms with Crippen LogP contribution in [0.25, 0.3) is 17.3 Å². The van der Waals surface area contributed by atoms with Gasteiger partial charge in [0.15, 0.2) is 5.17 Å². The molecule has 0 unspecified atom stereocenters. The Labute approximate surface area is 171 Å². The first kappa shape index (κ1) is 18.5. The number of amides is 1. The van der Waals surface area contributed by atoms with Crippen molar-refractivity contribution in [2.45, 2.75) is 0 Å². The lowest BCUT2D eigenvalue weighted by atomic mass is 10.2. The molecule has 28 heavy (non-hydrogen) atoms. The molecule has 0 saturated carbocycles. The summed E-state index contributed by atoms with van der Waals surface area (Å²) >= 11 is 2.81. The molecule has 2 heterocycles. The predicted molar refractivity (Wildman–Crippen MR) is 116 cm³/mol. The Balaban J connectivity index is 1.58. The van der Waals surface area contributed by atoms with E-state index >= 15 is 0 Å². The molecule has 0 spiro atoms. The van der Waals surface area contributed by atoms with Gasteiger partial charge in [0.25, 0.3) is 5.91 Å². The normalized spacial score (nSPS) is 16.9. The molecule has 0 N–H and O–H groups in total. The van der Waals surface area contributed by atoms with Crippen LogP contribution in [0.3, 0.4) is 0 Å². The summed E-state index contributed by atoms with van der Waals surface area (Å²) in [5.41, 5.74) is 2.84. The zero-order chi connectivity index (χ0) is 19.5. The summed E-state index contributed by atoms with van der Waals surface area (Å²) in [7, 11) is 3.35. The largest absolute Gasteiger partial charge is 0.497 e. The molecule has 1 aliphatic heterocycles. The average molecular weight is 408 g/mol. The van der Waals surface area contributed by atoms with E-state index < -0.39 is 0 Å². The maximum atomic E-state index is 12.6. The highest BCUT2D eigenvalue weighted by molar-refractivity contribution is 8.18. The summed E-state index contributed by atoms with van der Waals surface area (Å²) in [5.74, 6) is 0.676. The molecule has 1 amide bonds. The highest BCUT2D eigenvalue weighted by atomic mass is 32.2. The second kappa shape index (κ2) is 8.00. The number of benzene rings is 2. The van der Waals surface area contributed by atoms with Gasteiger partial charge in [0.1, 0.15) is 5.75 Å². The number of carbonyl (C=O) groups excluding carboxylic acids is 1. The molecule has 1 aromatic heterocycles. The first-order chi connectivity index (χ1) is 13.6. The monoisotopic (exact) mass is 407 g/mol. The van der Waals surface area contributed by atoms with Gasteiger partial charge in [-0.15, -0.1) is 11.3 Å². The number of thioether (sulfide) groups is 1. The van der Waals surface area contributed by atoms with Gasteiger partial charge in [-0.05, 0) is 35.5 Å². The fourth-order valence-electron chi connectivity index (χ4n) is 2.67. The van der Waals surface area contributed by atoms with Crippen LogP contribution in [0.5, 0.6) is 5.75 Å². The smallest absolute Gasteiger partial charge is 0.266 e. The van der Waals surface area contributed by atoms with Crippen LogP contribution in [-0.4, -0.2) is 35.1 Å². The van der Waals surface area contributed by atoms with Crippen molar-refractivity contribution in [1.82, 2.24) is 9.88 Å². The summed E-state index contributed by atoms with van der Waals surface area (Å²) in [5, 5.41) is 3.22. The number of rotatable bonds is 4. The number of carbonyl (C=O) groups is 1.